The van der Waals surface area contributed by atoms with Gasteiger partial charge in [0.2, 0.25) is 0 Å². The molecule has 0 aliphatic rings. The van der Waals surface area contributed by atoms with Gasteiger partial charge in [-0.1, -0.05) is 0 Å². The summed E-state index contributed by atoms with van der Waals surface area (Å²) in [5, 5.41) is 8.41. The first-order valence-corrected chi connectivity index (χ1v) is 6.83. The normalized spacial score (nSPS) is 8.87. The molecule has 0 heterocycles. The van der Waals surface area contributed by atoms with E-state index in [-0.39, 0.29) is 19.2 Å². The maximum absolute atomic E-state index is 10.2. The first-order valence-electron chi connectivity index (χ1n) is 4.18. The van der Waals surface area contributed by atoms with Crippen molar-refractivity contribution in [1.82, 2.24) is 0 Å². The smallest absolute Gasteiger partial charge is 0.310 e. The van der Waals surface area contributed by atoms with Crippen LogP contribution in [0, 0.1) is 0 Å². The molecule has 1 rings (SSSR count). The number of rotatable bonds is 4. The van der Waals surface area contributed by atoms with Crippen LogP contribution in [-0.2, 0) is 28.5 Å². The summed E-state index contributed by atoms with van der Waals surface area (Å²) in [6, 6.07) is 10.1. The molecule has 15 heavy (non-hydrogen) atoms. The van der Waals surface area contributed by atoms with Crippen molar-refractivity contribution in [1.29, 1.82) is 0 Å². The molecule has 80 valence electrons. The van der Waals surface area contributed by atoms with Gasteiger partial charge in [0.15, 0.2) is 0 Å². The number of aliphatic carboxylic acids is 1. The molecule has 0 aliphatic heterocycles. The van der Waals surface area contributed by atoms with Crippen molar-refractivity contribution in [2.45, 2.75) is 11.1 Å². The van der Waals surface area contributed by atoms with Gasteiger partial charge in [0.1, 0.15) is 0 Å². The van der Waals surface area contributed by atoms with E-state index in [1.165, 1.54) is 3.87 Å². The third-order valence-corrected chi connectivity index (χ3v) is 3.38. The van der Waals surface area contributed by atoms with E-state index in [9.17, 15) is 4.79 Å². The molecule has 0 spiro atoms. The van der Waals surface area contributed by atoms with Crippen molar-refractivity contribution < 1.29 is 38.5 Å². The Labute approximate surface area is 98.5 Å². The van der Waals surface area contributed by atoms with Crippen LogP contribution in [0.25, 0.3) is 0 Å². The summed E-state index contributed by atoms with van der Waals surface area (Å²) in [6.45, 7) is 0. The van der Waals surface area contributed by atoms with Gasteiger partial charge in [0, 0.05) is 0 Å². The summed E-state index contributed by atoms with van der Waals surface area (Å²) in [4.78, 5) is 17.2. The van der Waals surface area contributed by atoms with E-state index in [0.717, 1.165) is 4.73 Å². The van der Waals surface area contributed by atoms with Crippen LogP contribution in [-0.4, -0.2) is 16.0 Å². The molecular formula is C9H11O4PTi. The van der Waals surface area contributed by atoms with E-state index in [0.29, 0.717) is 6.42 Å². The van der Waals surface area contributed by atoms with Crippen LogP contribution in [0.2, 0.25) is 4.73 Å². The monoisotopic (exact) mass is 262 g/mol. The summed E-state index contributed by atoms with van der Waals surface area (Å²) in [5.74, 6) is -0.685. The first-order chi connectivity index (χ1) is 7.20. The van der Waals surface area contributed by atoms with Crippen LogP contribution in [0.4, 0.5) is 0 Å². The van der Waals surface area contributed by atoms with Gasteiger partial charge in [0.05, 0.1) is 0 Å². The fourth-order valence-corrected chi connectivity index (χ4v) is 2.52. The van der Waals surface area contributed by atoms with Crippen LogP contribution in [0.5, 0.6) is 0 Å². The molecule has 4 nitrogen and oxygen atoms in total. The summed E-state index contributed by atoms with van der Waals surface area (Å²) < 4.78 is 10.6. The molecule has 0 atom stereocenters. The molecular weight excluding hydrogens is 251 g/mol. The molecule has 6 heteroatoms. The van der Waals surface area contributed by atoms with Crippen molar-refractivity contribution in [3.63, 3.8) is 0 Å². The minimum absolute atomic E-state index is 0.216. The largest absolute Gasteiger partial charge is 0.324 e. The van der Waals surface area contributed by atoms with E-state index in [2.05, 4.69) is 12.1 Å². The molecule has 0 bridgehead atoms. The van der Waals surface area contributed by atoms with E-state index in [1.807, 2.05) is 18.2 Å². The zero-order chi connectivity index (χ0) is 11.5. The molecule has 0 fully saturated rings. The minimum atomic E-state index is -0.833. The standard InChI is InChI=1S/C6H5.C3H5O2.HO2P.Ti/c1-2-4-6-5-3-1;1-2-3(4)5;1-3-2;/h1-5H;1-2H2,(H,4,5);(H,1,2);. The van der Waals surface area contributed by atoms with Crippen molar-refractivity contribution in [3.8, 4) is 0 Å². The van der Waals surface area contributed by atoms with E-state index < -0.39 is 14.7 Å². The van der Waals surface area contributed by atoms with Crippen molar-refractivity contribution in [2.75, 3.05) is 0 Å². The fourth-order valence-electron chi connectivity index (χ4n) is 0.870. The summed E-state index contributed by atoms with van der Waals surface area (Å²) in [5.41, 5.74) is 0. The van der Waals surface area contributed by atoms with Crippen molar-refractivity contribution >= 4 is 18.5 Å². The fraction of sp³-hybridized carbons (Fsp3) is 0.222. The summed E-state index contributed by atoms with van der Waals surface area (Å²) in [6.07, 6.45) is 0.314. The van der Waals surface area contributed by atoms with Gasteiger partial charge in [-0.15, -0.1) is 0 Å². The predicted octanol–water partition coefficient (Wildman–Crippen LogP) is 1.47. The van der Waals surface area contributed by atoms with Crippen LogP contribution in [0.15, 0.2) is 30.3 Å². The van der Waals surface area contributed by atoms with Gasteiger partial charge < -0.3 is 4.89 Å². The quantitative estimate of drug-likeness (QED) is 0.636. The SMILES string of the molecule is O=C(O)C[CH2][Ti][c]1ccccc1.O=PO. The van der Waals surface area contributed by atoms with Gasteiger partial charge in [-0.25, -0.2) is 4.57 Å². The zero-order valence-electron chi connectivity index (χ0n) is 7.96. The molecule has 2 N–H and O–H groups in total. The number of benzene rings is 1. The van der Waals surface area contributed by atoms with E-state index in [4.69, 9.17) is 14.6 Å². The number of carboxylic acid groups (broad SMARTS) is 1. The number of carbonyl (C=O) groups is 1. The third-order valence-electron chi connectivity index (χ3n) is 1.44. The average Bonchev–Trinajstić information content (AvgIpc) is 2.20. The Balaban J connectivity index is 0.000000583. The maximum atomic E-state index is 10.2. The number of hydrogen-bond acceptors (Lipinski definition) is 2. The van der Waals surface area contributed by atoms with E-state index >= 15 is 0 Å². The number of carboxylic acids is 1. The Morgan fingerprint density at radius 3 is 2.33 bits per heavy atom. The molecule has 0 aromatic heterocycles. The second kappa shape index (κ2) is 10.00. The topological polar surface area (TPSA) is 74.6 Å². The van der Waals surface area contributed by atoms with Gasteiger partial charge in [-0.3, -0.25) is 0 Å². The molecule has 1 aromatic rings. The molecule has 0 saturated carbocycles. The minimum Gasteiger partial charge on any atom is -0.310 e. The first kappa shape index (κ1) is 14.5. The second-order valence-corrected chi connectivity index (χ2v) is 4.92. The average molecular weight is 262 g/mol. The van der Waals surface area contributed by atoms with Crippen molar-refractivity contribution in [2.24, 2.45) is 0 Å². The Morgan fingerprint density at radius 1 is 1.33 bits per heavy atom. The van der Waals surface area contributed by atoms with Crippen LogP contribution in [0.1, 0.15) is 6.42 Å². The Morgan fingerprint density at radius 2 is 1.87 bits per heavy atom. The van der Waals surface area contributed by atoms with Gasteiger partial charge in [0.25, 0.3) is 0 Å². The Bertz CT molecular complexity index is 291. The van der Waals surface area contributed by atoms with Gasteiger partial charge in [-0.2, -0.15) is 0 Å². The zero-order valence-corrected chi connectivity index (χ0v) is 10.4. The molecule has 0 radical (unpaired) electrons. The number of hydrogen-bond donors (Lipinski definition) is 2. The molecule has 0 amide bonds. The van der Waals surface area contributed by atoms with Gasteiger partial charge in [-0.05, 0) is 0 Å². The second-order valence-electron chi connectivity index (χ2n) is 2.52. The van der Waals surface area contributed by atoms with Crippen LogP contribution >= 0.6 is 8.69 Å². The summed E-state index contributed by atoms with van der Waals surface area (Å²) >= 11 is -0.216. The van der Waals surface area contributed by atoms with Gasteiger partial charge >= 0.3 is 89.1 Å². The maximum Gasteiger partial charge on any atom is 0.324 e. The van der Waals surface area contributed by atoms with Crippen LogP contribution in [0.3, 0.4) is 0 Å². The third kappa shape index (κ3) is 9.76. The molecule has 0 unspecified atom stereocenters. The molecule has 0 saturated heterocycles. The predicted molar refractivity (Wildman–Crippen MR) is 53.0 cm³/mol. The Hall–Kier alpha value is -0.536. The Kier molecular flexibility index (Phi) is 9.64. The van der Waals surface area contributed by atoms with Crippen LogP contribution < -0.4 is 3.87 Å². The molecule has 0 aliphatic carbocycles. The van der Waals surface area contributed by atoms with Crippen molar-refractivity contribution in [3.05, 3.63) is 30.3 Å². The van der Waals surface area contributed by atoms with E-state index in [1.54, 1.807) is 0 Å². The summed E-state index contributed by atoms with van der Waals surface area (Å²) in [7, 11) is -0.833. The molecule has 1 aromatic carbocycles.